The number of rotatable bonds is 7. The molecule has 1 aliphatic rings. The lowest BCUT2D eigenvalue weighted by molar-refractivity contribution is -0.146. The average Bonchev–Trinajstić information content (AvgIpc) is 2.44. The Balaban J connectivity index is 2.53. The molecule has 4 atom stereocenters. The van der Waals surface area contributed by atoms with Gasteiger partial charge < -0.3 is 16.2 Å². The van der Waals surface area contributed by atoms with E-state index in [0.29, 0.717) is 12.5 Å². The minimum Gasteiger partial charge on any atom is -0.481 e. The van der Waals surface area contributed by atoms with E-state index in [1.54, 1.807) is 0 Å². The van der Waals surface area contributed by atoms with Crippen LogP contribution in [0, 0.1) is 23.7 Å². The van der Waals surface area contributed by atoms with Gasteiger partial charge in [0, 0.05) is 6.54 Å². The second kappa shape index (κ2) is 8.42. The Morgan fingerprint density at radius 3 is 2.57 bits per heavy atom. The van der Waals surface area contributed by atoms with Gasteiger partial charge in [-0.1, -0.05) is 33.0 Å². The molecular formula is C15H29BN2O3. The molecule has 6 heteroatoms. The van der Waals surface area contributed by atoms with Crippen molar-refractivity contribution in [3.63, 3.8) is 0 Å². The van der Waals surface area contributed by atoms with Crippen LogP contribution in [0.1, 0.15) is 39.5 Å². The number of aliphatic carboxylic acids is 1. The molecule has 0 saturated heterocycles. The second-order valence-electron chi connectivity index (χ2n) is 6.69. The first kappa shape index (κ1) is 18.0. The SMILES string of the molecule is BCC[C@@H]1CC[C@H](CNC(=O)[C@@H](N)C(C)C)[C@@H](C(=O)O)C1. The van der Waals surface area contributed by atoms with Crippen molar-refractivity contribution in [3.05, 3.63) is 0 Å². The summed E-state index contributed by atoms with van der Waals surface area (Å²) in [6.45, 7) is 4.23. The molecule has 0 aromatic carbocycles. The van der Waals surface area contributed by atoms with E-state index in [4.69, 9.17) is 5.73 Å². The van der Waals surface area contributed by atoms with Gasteiger partial charge in [0.25, 0.3) is 0 Å². The monoisotopic (exact) mass is 296 g/mol. The van der Waals surface area contributed by atoms with Crippen molar-refractivity contribution in [1.82, 2.24) is 5.32 Å². The fourth-order valence-corrected chi connectivity index (χ4v) is 3.19. The van der Waals surface area contributed by atoms with Crippen LogP contribution in [0.25, 0.3) is 0 Å². The van der Waals surface area contributed by atoms with Crippen molar-refractivity contribution < 1.29 is 14.7 Å². The molecule has 1 aliphatic carbocycles. The van der Waals surface area contributed by atoms with Crippen molar-refractivity contribution in [1.29, 1.82) is 0 Å². The highest BCUT2D eigenvalue weighted by atomic mass is 16.4. The van der Waals surface area contributed by atoms with Crippen LogP contribution >= 0.6 is 0 Å². The maximum absolute atomic E-state index is 11.9. The van der Waals surface area contributed by atoms with E-state index >= 15 is 0 Å². The van der Waals surface area contributed by atoms with Crippen molar-refractivity contribution in [2.24, 2.45) is 29.4 Å². The molecule has 0 aromatic heterocycles. The summed E-state index contributed by atoms with van der Waals surface area (Å²) in [6.07, 6.45) is 4.87. The Kier molecular flexibility index (Phi) is 7.22. The fraction of sp³-hybridized carbons (Fsp3) is 0.867. The second-order valence-corrected chi connectivity index (χ2v) is 6.69. The number of amides is 1. The molecule has 0 spiro atoms. The number of carbonyl (C=O) groups is 2. The van der Waals surface area contributed by atoms with E-state index in [1.807, 2.05) is 13.8 Å². The van der Waals surface area contributed by atoms with E-state index in [2.05, 4.69) is 13.2 Å². The first-order valence-electron chi connectivity index (χ1n) is 8.12. The molecule has 4 N–H and O–H groups in total. The summed E-state index contributed by atoms with van der Waals surface area (Å²) in [5.41, 5.74) is 5.80. The van der Waals surface area contributed by atoms with Gasteiger partial charge in [-0.2, -0.15) is 0 Å². The van der Waals surface area contributed by atoms with Crippen LogP contribution in [-0.2, 0) is 9.59 Å². The molecule has 0 heterocycles. The fourth-order valence-electron chi connectivity index (χ4n) is 3.19. The maximum atomic E-state index is 11.9. The van der Waals surface area contributed by atoms with E-state index in [9.17, 15) is 14.7 Å². The molecule has 0 aromatic rings. The summed E-state index contributed by atoms with van der Waals surface area (Å²) in [5, 5.41) is 12.3. The third kappa shape index (κ3) is 5.34. The summed E-state index contributed by atoms with van der Waals surface area (Å²) in [7, 11) is 2.13. The molecule has 0 unspecified atom stereocenters. The molecule has 120 valence electrons. The van der Waals surface area contributed by atoms with E-state index < -0.39 is 12.0 Å². The summed E-state index contributed by atoms with van der Waals surface area (Å²) < 4.78 is 0. The number of nitrogens with one attached hydrogen (secondary N) is 1. The van der Waals surface area contributed by atoms with Gasteiger partial charge in [-0.05, 0) is 30.6 Å². The van der Waals surface area contributed by atoms with Crippen LogP contribution in [0.2, 0.25) is 6.32 Å². The van der Waals surface area contributed by atoms with Gasteiger partial charge in [0.15, 0.2) is 0 Å². The predicted molar refractivity (Wildman–Crippen MR) is 85.7 cm³/mol. The minimum atomic E-state index is -0.733. The lowest BCUT2D eigenvalue weighted by Crippen LogP contribution is -2.47. The Morgan fingerprint density at radius 2 is 2.05 bits per heavy atom. The number of carboxylic acid groups (broad SMARTS) is 1. The number of hydrogen-bond acceptors (Lipinski definition) is 3. The van der Waals surface area contributed by atoms with Crippen molar-refractivity contribution in [2.45, 2.75) is 51.9 Å². The lowest BCUT2D eigenvalue weighted by Gasteiger charge is -2.34. The molecule has 0 radical (unpaired) electrons. The third-order valence-electron chi connectivity index (χ3n) is 4.68. The van der Waals surface area contributed by atoms with Crippen molar-refractivity contribution in [2.75, 3.05) is 6.54 Å². The number of hydrogen-bond donors (Lipinski definition) is 3. The van der Waals surface area contributed by atoms with E-state index in [-0.39, 0.29) is 23.7 Å². The highest BCUT2D eigenvalue weighted by Gasteiger charge is 2.35. The Bertz CT molecular complexity index is 363. The Labute approximate surface area is 128 Å². The molecule has 0 bridgehead atoms. The number of nitrogens with two attached hydrogens (primary N) is 1. The Morgan fingerprint density at radius 1 is 1.38 bits per heavy atom. The average molecular weight is 296 g/mol. The largest absolute Gasteiger partial charge is 0.481 e. The van der Waals surface area contributed by atoms with Crippen LogP contribution in [0.3, 0.4) is 0 Å². The van der Waals surface area contributed by atoms with Gasteiger partial charge in [-0.3, -0.25) is 9.59 Å². The number of carbonyl (C=O) groups excluding carboxylic acids is 1. The first-order valence-corrected chi connectivity index (χ1v) is 8.12. The lowest BCUT2D eigenvalue weighted by atomic mass is 9.71. The summed E-state index contributed by atoms with van der Waals surface area (Å²) >= 11 is 0. The van der Waals surface area contributed by atoms with Crippen LogP contribution in [-0.4, -0.2) is 37.4 Å². The van der Waals surface area contributed by atoms with Crippen LogP contribution < -0.4 is 11.1 Å². The summed E-state index contributed by atoms with van der Waals surface area (Å²) in [6, 6.07) is -0.523. The normalized spacial score (nSPS) is 27.3. The zero-order valence-electron chi connectivity index (χ0n) is 13.5. The van der Waals surface area contributed by atoms with Crippen LogP contribution in [0.4, 0.5) is 0 Å². The van der Waals surface area contributed by atoms with Gasteiger partial charge in [0.1, 0.15) is 7.85 Å². The van der Waals surface area contributed by atoms with Crippen molar-refractivity contribution >= 4 is 19.7 Å². The molecule has 21 heavy (non-hydrogen) atoms. The summed E-state index contributed by atoms with van der Waals surface area (Å²) in [5.74, 6) is -0.626. The zero-order valence-corrected chi connectivity index (χ0v) is 13.5. The molecular weight excluding hydrogens is 267 g/mol. The van der Waals surface area contributed by atoms with Crippen molar-refractivity contribution in [3.8, 4) is 0 Å². The van der Waals surface area contributed by atoms with E-state index in [1.165, 1.54) is 0 Å². The smallest absolute Gasteiger partial charge is 0.306 e. The molecule has 1 saturated carbocycles. The molecule has 0 aliphatic heterocycles. The number of carboxylic acids is 1. The molecule has 1 fully saturated rings. The molecule has 5 nitrogen and oxygen atoms in total. The van der Waals surface area contributed by atoms with E-state index in [0.717, 1.165) is 32.0 Å². The minimum absolute atomic E-state index is 0.0268. The first-order chi connectivity index (χ1) is 9.86. The third-order valence-corrected chi connectivity index (χ3v) is 4.68. The predicted octanol–water partition coefficient (Wildman–Crippen LogP) is 0.645. The highest BCUT2D eigenvalue weighted by molar-refractivity contribution is 6.08. The summed E-state index contributed by atoms with van der Waals surface area (Å²) in [4.78, 5) is 23.4. The topological polar surface area (TPSA) is 92.4 Å². The van der Waals surface area contributed by atoms with Gasteiger partial charge in [-0.15, -0.1) is 0 Å². The van der Waals surface area contributed by atoms with Crippen LogP contribution in [0.5, 0.6) is 0 Å². The van der Waals surface area contributed by atoms with Crippen LogP contribution in [0.15, 0.2) is 0 Å². The molecule has 1 rings (SSSR count). The quantitative estimate of drug-likeness (QED) is 0.601. The van der Waals surface area contributed by atoms with Gasteiger partial charge in [-0.25, -0.2) is 0 Å². The zero-order chi connectivity index (χ0) is 16.0. The standard InChI is InChI=1S/C15H29BN2O3/c1-9(2)13(17)14(19)18-8-11-4-3-10(5-6-16)7-12(11)15(20)21/h9-13H,3-8,16-17H2,1-2H3,(H,18,19)(H,20,21)/t10-,11+,12-,13-/m0/s1. The van der Waals surface area contributed by atoms with Gasteiger partial charge in [0.05, 0.1) is 12.0 Å². The van der Waals surface area contributed by atoms with Gasteiger partial charge >= 0.3 is 5.97 Å². The molecule has 1 amide bonds. The Hall–Kier alpha value is -1.04. The maximum Gasteiger partial charge on any atom is 0.306 e. The highest BCUT2D eigenvalue weighted by Crippen LogP contribution is 2.36. The van der Waals surface area contributed by atoms with Gasteiger partial charge in [0.2, 0.25) is 5.91 Å².